The Kier molecular flexibility index (Phi) is 9.50. The van der Waals surface area contributed by atoms with Gasteiger partial charge in [0, 0.05) is 11.9 Å². The molecule has 3 aromatic rings. The monoisotopic (exact) mass is 560 g/mol. The van der Waals surface area contributed by atoms with Gasteiger partial charge in [0.2, 0.25) is 21.7 Å². The van der Waals surface area contributed by atoms with E-state index < -0.39 is 46.2 Å². The summed E-state index contributed by atoms with van der Waals surface area (Å²) in [5.74, 6) is -2.50. The van der Waals surface area contributed by atoms with Crippen LogP contribution in [0.5, 0.6) is 0 Å². The number of primary amides is 1. The number of hydrogen-bond donors (Lipinski definition) is 4. The van der Waals surface area contributed by atoms with Crippen LogP contribution >= 0.6 is 11.3 Å². The number of rotatable bonds is 13. The van der Waals surface area contributed by atoms with E-state index >= 15 is 0 Å². The lowest BCUT2D eigenvalue weighted by Crippen LogP contribution is -2.45. The third-order valence-corrected chi connectivity index (χ3v) is 8.13. The Labute approximate surface area is 223 Å². The second-order valence-corrected chi connectivity index (χ2v) is 11.0. The molecule has 1 unspecified atom stereocenters. The van der Waals surface area contributed by atoms with Crippen molar-refractivity contribution in [1.29, 1.82) is 5.41 Å². The maximum Gasteiger partial charge on any atom is 0.357 e. The fraction of sp³-hybridized carbons (Fsp3) is 0.292. The summed E-state index contributed by atoms with van der Waals surface area (Å²) < 4.78 is 32.6. The third-order valence-electron chi connectivity index (χ3n) is 5.44. The summed E-state index contributed by atoms with van der Waals surface area (Å²) in [4.78, 5) is 40.7. The molecule has 202 valence electrons. The van der Waals surface area contributed by atoms with Crippen molar-refractivity contribution in [3.63, 3.8) is 0 Å². The maximum atomic E-state index is 13.4. The van der Waals surface area contributed by atoms with Crippen LogP contribution in [0, 0.1) is 5.41 Å². The number of Topliss-reactive ketones (excluding diaryl/α,β-unsaturated/α-hetero) is 1. The highest BCUT2D eigenvalue weighted by Crippen LogP contribution is 2.23. The Morgan fingerprint density at radius 1 is 1.16 bits per heavy atom. The Balaban J connectivity index is 1.77. The normalized spacial score (nSPS) is 12.3. The van der Waals surface area contributed by atoms with E-state index in [0.29, 0.717) is 0 Å². The van der Waals surface area contributed by atoms with Gasteiger partial charge in [-0.25, -0.2) is 18.2 Å². The summed E-state index contributed by atoms with van der Waals surface area (Å²) in [7, 11) is -4.09. The lowest BCUT2D eigenvalue weighted by molar-refractivity contribution is -0.118. The van der Waals surface area contributed by atoms with E-state index in [4.69, 9.17) is 21.6 Å². The molecule has 0 fully saturated rings. The minimum Gasteiger partial charge on any atom is -0.461 e. The van der Waals surface area contributed by atoms with Gasteiger partial charge in [0.1, 0.15) is 0 Å². The molecule has 1 aromatic heterocycles. The summed E-state index contributed by atoms with van der Waals surface area (Å²) in [6.45, 7) is 1.11. The van der Waals surface area contributed by atoms with E-state index in [1.165, 1.54) is 17.5 Å². The third kappa shape index (κ3) is 7.12. The molecule has 0 radical (unpaired) electrons. The van der Waals surface area contributed by atoms with E-state index in [-0.39, 0.29) is 41.6 Å². The molecule has 0 aliphatic heterocycles. The van der Waals surface area contributed by atoms with Crippen molar-refractivity contribution in [2.24, 2.45) is 11.5 Å². The molecule has 38 heavy (non-hydrogen) atoms. The van der Waals surface area contributed by atoms with Gasteiger partial charge in [-0.05, 0) is 42.7 Å². The van der Waals surface area contributed by atoms with Gasteiger partial charge < -0.3 is 21.5 Å². The molecule has 0 saturated carbocycles. The Morgan fingerprint density at radius 3 is 2.53 bits per heavy atom. The summed E-state index contributed by atoms with van der Waals surface area (Å²) in [5, 5.41) is 13.1. The number of hydrogen-bond acceptors (Lipinski definition) is 9. The second-order valence-electron chi connectivity index (χ2n) is 8.19. The molecule has 14 heteroatoms. The van der Waals surface area contributed by atoms with Crippen LogP contribution in [0.15, 0.2) is 52.7 Å². The minimum atomic E-state index is -4.09. The molecule has 0 aliphatic rings. The number of carbonyl (C=O) groups excluding carboxylic acids is 3. The van der Waals surface area contributed by atoms with Gasteiger partial charge in [0.15, 0.2) is 16.7 Å². The van der Waals surface area contributed by atoms with Gasteiger partial charge in [-0.15, -0.1) is 11.3 Å². The summed E-state index contributed by atoms with van der Waals surface area (Å²) >= 11 is 0.938. The molecule has 0 spiro atoms. The number of thiazole rings is 1. The Bertz CT molecular complexity index is 1460. The first-order chi connectivity index (χ1) is 18.0. The molecule has 2 aromatic carbocycles. The number of ether oxygens (including phenoxy) is 1. The van der Waals surface area contributed by atoms with E-state index in [0.717, 1.165) is 26.4 Å². The lowest BCUT2D eigenvalue weighted by Gasteiger charge is -2.22. The number of nitrogens with two attached hydrogens (primary N) is 2. The largest absolute Gasteiger partial charge is 0.461 e. The van der Waals surface area contributed by atoms with Crippen molar-refractivity contribution < 1.29 is 27.5 Å². The fourth-order valence-electron chi connectivity index (χ4n) is 3.70. The maximum absolute atomic E-state index is 13.4. The molecule has 12 nitrogen and oxygen atoms in total. The van der Waals surface area contributed by atoms with Gasteiger partial charge in [0.05, 0.1) is 24.1 Å². The van der Waals surface area contributed by atoms with Gasteiger partial charge in [-0.1, -0.05) is 30.3 Å². The van der Waals surface area contributed by atoms with Crippen molar-refractivity contribution in [1.82, 2.24) is 14.6 Å². The molecular formula is C24H28N6O6S2. The van der Waals surface area contributed by atoms with E-state index in [2.05, 4.69) is 10.3 Å². The zero-order valence-electron chi connectivity index (χ0n) is 20.5. The predicted molar refractivity (Wildman–Crippen MR) is 142 cm³/mol. The van der Waals surface area contributed by atoms with Crippen LogP contribution < -0.4 is 16.8 Å². The highest BCUT2D eigenvalue weighted by Gasteiger charge is 2.28. The molecular weight excluding hydrogens is 532 g/mol. The second kappa shape index (κ2) is 12.6. The number of nitrogens with one attached hydrogen (secondary N) is 2. The summed E-state index contributed by atoms with van der Waals surface area (Å²) in [6.07, 6.45) is 0.169. The van der Waals surface area contributed by atoms with Crippen molar-refractivity contribution in [3.05, 3.63) is 58.5 Å². The predicted octanol–water partition coefficient (Wildman–Crippen LogP) is 1.46. The van der Waals surface area contributed by atoms with Crippen molar-refractivity contribution in [3.8, 4) is 0 Å². The summed E-state index contributed by atoms with van der Waals surface area (Å²) in [6, 6.07) is 10.9. The van der Waals surface area contributed by atoms with Gasteiger partial charge in [-0.3, -0.25) is 15.0 Å². The van der Waals surface area contributed by atoms with E-state index in [9.17, 15) is 22.8 Å². The van der Waals surface area contributed by atoms with Crippen LogP contribution in [0.1, 0.15) is 40.1 Å². The van der Waals surface area contributed by atoms with Crippen molar-refractivity contribution in [2.45, 2.75) is 30.7 Å². The molecule has 1 amide bonds. The number of ketones is 1. The highest BCUT2D eigenvalue weighted by molar-refractivity contribution is 7.89. The van der Waals surface area contributed by atoms with Crippen LogP contribution in [-0.2, 0) is 19.6 Å². The summed E-state index contributed by atoms with van der Waals surface area (Å²) in [5.41, 5.74) is 10.8. The molecule has 0 aliphatic carbocycles. The van der Waals surface area contributed by atoms with Crippen LogP contribution in [0.2, 0.25) is 0 Å². The first-order valence-electron chi connectivity index (χ1n) is 11.6. The van der Waals surface area contributed by atoms with Crippen LogP contribution in [0.4, 0.5) is 0 Å². The number of benzene rings is 2. The first kappa shape index (κ1) is 28.7. The molecule has 1 heterocycles. The molecule has 6 N–H and O–H groups in total. The number of esters is 1. The SMILES string of the molecule is CCOC(=O)c1csc(C(=O)C(CCCN(CC(N)=O)S(=O)(=O)c2ccc3ccccc3c2)NC(=N)N)n1. The Hall–Kier alpha value is -3.88. The number of sulfonamides is 1. The average Bonchev–Trinajstić information content (AvgIpc) is 3.37. The van der Waals surface area contributed by atoms with Crippen LogP contribution in [-0.4, -0.2) is 67.1 Å². The molecule has 1 atom stereocenters. The standard InChI is InChI=1S/C24H28N6O6S2/c1-2-36-23(33)19-14-37-22(28-19)21(32)18(29-24(26)27)8-5-11-30(13-20(25)31)38(34,35)17-10-9-15-6-3-4-7-16(15)12-17/h3-4,6-7,9-10,12,14,18H,2,5,8,11,13H2,1H3,(H2,25,31)(H4,26,27,29). The minimum absolute atomic E-state index is 0.00113. The highest BCUT2D eigenvalue weighted by atomic mass is 32.2. The number of fused-ring (bicyclic) bond motifs is 1. The molecule has 0 bridgehead atoms. The first-order valence-corrected chi connectivity index (χ1v) is 13.9. The number of carbonyl (C=O) groups is 3. The Morgan fingerprint density at radius 2 is 1.87 bits per heavy atom. The van der Waals surface area contributed by atoms with Crippen molar-refractivity contribution in [2.75, 3.05) is 19.7 Å². The van der Waals surface area contributed by atoms with Gasteiger partial charge in [-0.2, -0.15) is 4.31 Å². The van der Waals surface area contributed by atoms with Crippen LogP contribution in [0.3, 0.4) is 0 Å². The number of amides is 1. The number of nitrogens with zero attached hydrogens (tertiary/aromatic N) is 2. The smallest absolute Gasteiger partial charge is 0.357 e. The molecule has 0 saturated heterocycles. The quantitative estimate of drug-likeness (QED) is 0.103. The molecule has 3 rings (SSSR count). The van der Waals surface area contributed by atoms with Crippen LogP contribution in [0.25, 0.3) is 10.8 Å². The lowest BCUT2D eigenvalue weighted by atomic mass is 10.1. The zero-order valence-corrected chi connectivity index (χ0v) is 22.2. The number of guanidine groups is 1. The van der Waals surface area contributed by atoms with E-state index in [1.54, 1.807) is 25.1 Å². The number of aromatic nitrogens is 1. The zero-order chi connectivity index (χ0) is 27.9. The van der Waals surface area contributed by atoms with Gasteiger partial charge in [0.25, 0.3) is 0 Å². The van der Waals surface area contributed by atoms with E-state index in [1.807, 2.05) is 12.1 Å². The topological polar surface area (TPSA) is 199 Å². The van der Waals surface area contributed by atoms with Gasteiger partial charge >= 0.3 is 5.97 Å². The average molecular weight is 561 g/mol. The fourth-order valence-corrected chi connectivity index (χ4v) is 5.96. The van der Waals surface area contributed by atoms with Crippen molar-refractivity contribution >= 4 is 55.8 Å².